The number of rotatable bonds is 7. The van der Waals surface area contributed by atoms with Crippen molar-refractivity contribution in [2.45, 2.75) is 13.5 Å². The van der Waals surface area contributed by atoms with Crippen molar-refractivity contribution < 1.29 is 24.2 Å². The molecule has 23 heavy (non-hydrogen) atoms. The molecule has 8 nitrogen and oxygen atoms in total. The third kappa shape index (κ3) is 5.03. The summed E-state index contributed by atoms with van der Waals surface area (Å²) in [5.41, 5.74) is 1.52. The lowest BCUT2D eigenvalue weighted by atomic mass is 10.1. The van der Waals surface area contributed by atoms with Gasteiger partial charge in [0, 0.05) is 5.56 Å². The summed E-state index contributed by atoms with van der Waals surface area (Å²) in [5, 5.41) is 10.8. The molecule has 1 amide bonds. The van der Waals surface area contributed by atoms with Gasteiger partial charge in [-0.15, -0.1) is 0 Å². The van der Waals surface area contributed by atoms with E-state index in [0.717, 1.165) is 5.56 Å². The number of carboxylic acid groups (broad SMARTS) is 1. The number of nitrogens with zero attached hydrogens (tertiary/aromatic N) is 1. The Hall–Kier alpha value is -3.03. The van der Waals surface area contributed by atoms with E-state index in [1.807, 2.05) is 6.07 Å². The van der Waals surface area contributed by atoms with Crippen molar-refractivity contribution in [1.29, 1.82) is 0 Å². The molecular weight excluding hydrogens is 302 g/mol. The van der Waals surface area contributed by atoms with Crippen molar-refractivity contribution in [3.63, 3.8) is 0 Å². The summed E-state index contributed by atoms with van der Waals surface area (Å²) >= 11 is 0. The topological polar surface area (TPSA) is 114 Å². The molecule has 122 valence electrons. The molecular formula is C15H17N3O5. The summed E-state index contributed by atoms with van der Waals surface area (Å²) in [6, 6.07) is 7.11. The molecule has 0 unspecified atom stereocenters. The molecule has 1 heterocycles. The van der Waals surface area contributed by atoms with Crippen molar-refractivity contribution in [3.8, 4) is 17.0 Å². The highest BCUT2D eigenvalue weighted by Gasteiger charge is 2.07. The molecule has 0 spiro atoms. The fourth-order valence-electron chi connectivity index (χ4n) is 1.86. The first-order valence-corrected chi connectivity index (χ1v) is 6.98. The van der Waals surface area contributed by atoms with Crippen LogP contribution < -0.4 is 10.1 Å². The van der Waals surface area contributed by atoms with E-state index >= 15 is 0 Å². The van der Waals surface area contributed by atoms with E-state index < -0.39 is 12.1 Å². The molecule has 1 aromatic heterocycles. The second-order valence-electron chi connectivity index (χ2n) is 4.52. The quantitative estimate of drug-likeness (QED) is 0.670. The monoisotopic (exact) mass is 319 g/mol. The summed E-state index contributed by atoms with van der Waals surface area (Å²) in [6.45, 7) is 1.97. The molecule has 0 aliphatic carbocycles. The number of esters is 1. The van der Waals surface area contributed by atoms with E-state index in [4.69, 9.17) is 14.6 Å². The molecule has 3 N–H and O–H groups in total. The van der Waals surface area contributed by atoms with Crippen LogP contribution in [0.5, 0.6) is 5.75 Å². The Morgan fingerprint density at radius 1 is 1.39 bits per heavy atom. The van der Waals surface area contributed by atoms with Crippen LogP contribution in [-0.4, -0.2) is 40.4 Å². The lowest BCUT2D eigenvalue weighted by Gasteiger charge is -2.07. The minimum Gasteiger partial charge on any atom is -0.482 e. The first-order chi connectivity index (χ1) is 11.1. The van der Waals surface area contributed by atoms with Gasteiger partial charge in [0.2, 0.25) is 0 Å². The van der Waals surface area contributed by atoms with Crippen LogP contribution in [0.2, 0.25) is 0 Å². The predicted octanol–water partition coefficient (Wildman–Crippen LogP) is 1.79. The normalized spacial score (nSPS) is 10.1. The van der Waals surface area contributed by atoms with Crippen LogP contribution in [0.25, 0.3) is 11.3 Å². The molecule has 0 saturated heterocycles. The van der Waals surface area contributed by atoms with Gasteiger partial charge >= 0.3 is 12.1 Å². The maximum atomic E-state index is 11.3. The highest BCUT2D eigenvalue weighted by atomic mass is 16.6. The minimum atomic E-state index is -1.11. The molecule has 0 bridgehead atoms. The van der Waals surface area contributed by atoms with Gasteiger partial charge in [-0.2, -0.15) is 0 Å². The van der Waals surface area contributed by atoms with Crippen LogP contribution in [0.1, 0.15) is 12.7 Å². The van der Waals surface area contributed by atoms with E-state index in [1.165, 1.54) is 0 Å². The van der Waals surface area contributed by atoms with Gasteiger partial charge < -0.3 is 24.9 Å². The number of H-pyrrole nitrogens is 1. The summed E-state index contributed by atoms with van der Waals surface area (Å²) in [4.78, 5) is 28.9. The molecule has 0 atom stereocenters. The molecule has 0 aliphatic rings. The average molecular weight is 319 g/mol. The lowest BCUT2D eigenvalue weighted by molar-refractivity contribution is -0.145. The van der Waals surface area contributed by atoms with Crippen LogP contribution in [0.15, 0.2) is 30.5 Å². The standard InChI is InChI=1S/C15H17N3O5/c1-2-22-14(19)9-23-11-5-3-4-10(6-11)12-7-16-13(18-12)8-17-15(20)21/h3-7,17H,2,8-9H2,1H3,(H,16,18)(H,20,21). The van der Waals surface area contributed by atoms with Gasteiger partial charge in [-0.1, -0.05) is 12.1 Å². The summed E-state index contributed by atoms with van der Waals surface area (Å²) in [7, 11) is 0. The number of benzene rings is 1. The third-order valence-corrected chi connectivity index (χ3v) is 2.84. The van der Waals surface area contributed by atoms with Crippen molar-refractivity contribution in [1.82, 2.24) is 15.3 Å². The van der Waals surface area contributed by atoms with E-state index in [1.54, 1.807) is 31.3 Å². The van der Waals surface area contributed by atoms with Gasteiger partial charge in [0.1, 0.15) is 11.6 Å². The van der Waals surface area contributed by atoms with Gasteiger partial charge in [0.15, 0.2) is 6.61 Å². The third-order valence-electron chi connectivity index (χ3n) is 2.84. The zero-order chi connectivity index (χ0) is 16.7. The molecule has 1 aromatic carbocycles. The van der Waals surface area contributed by atoms with Crippen LogP contribution >= 0.6 is 0 Å². The number of aromatic amines is 1. The first-order valence-electron chi connectivity index (χ1n) is 6.98. The second-order valence-corrected chi connectivity index (χ2v) is 4.52. The van der Waals surface area contributed by atoms with Crippen molar-refractivity contribution >= 4 is 12.1 Å². The number of ether oxygens (including phenoxy) is 2. The number of nitrogens with one attached hydrogen (secondary N) is 2. The molecule has 0 aliphatic heterocycles. The predicted molar refractivity (Wildman–Crippen MR) is 81.0 cm³/mol. The Bertz CT molecular complexity index is 683. The number of amides is 1. The second kappa shape index (κ2) is 7.83. The number of carbonyl (C=O) groups excluding carboxylic acids is 1. The van der Waals surface area contributed by atoms with Crippen LogP contribution in [-0.2, 0) is 16.1 Å². The number of aromatic nitrogens is 2. The lowest BCUT2D eigenvalue weighted by Crippen LogP contribution is -2.20. The van der Waals surface area contributed by atoms with Crippen LogP contribution in [0.3, 0.4) is 0 Å². The van der Waals surface area contributed by atoms with E-state index in [2.05, 4.69) is 15.3 Å². The first kappa shape index (κ1) is 16.3. The summed E-state index contributed by atoms with van der Waals surface area (Å²) in [5.74, 6) is 0.595. The highest BCUT2D eigenvalue weighted by Crippen LogP contribution is 2.22. The maximum absolute atomic E-state index is 11.3. The number of carbonyl (C=O) groups is 2. The molecule has 0 radical (unpaired) electrons. The van der Waals surface area contributed by atoms with Crippen molar-refractivity contribution in [2.24, 2.45) is 0 Å². The molecule has 0 saturated carbocycles. The van der Waals surface area contributed by atoms with Gasteiger partial charge in [-0.05, 0) is 19.1 Å². The summed E-state index contributed by atoms with van der Waals surface area (Å²) in [6.07, 6.45) is 0.487. The summed E-state index contributed by atoms with van der Waals surface area (Å²) < 4.78 is 10.2. The SMILES string of the molecule is CCOC(=O)COc1cccc(-c2cnc(CNC(=O)O)[nH]2)c1. The number of hydrogen-bond acceptors (Lipinski definition) is 5. The molecule has 8 heteroatoms. The Kier molecular flexibility index (Phi) is 5.56. The Balaban J connectivity index is 2.01. The maximum Gasteiger partial charge on any atom is 0.405 e. The Morgan fingerprint density at radius 2 is 2.22 bits per heavy atom. The Labute approximate surface area is 132 Å². The molecule has 2 rings (SSSR count). The van der Waals surface area contributed by atoms with Crippen molar-refractivity contribution in [2.75, 3.05) is 13.2 Å². The van der Waals surface area contributed by atoms with Gasteiger partial charge in [-0.25, -0.2) is 14.6 Å². The van der Waals surface area contributed by atoms with Crippen molar-refractivity contribution in [3.05, 3.63) is 36.3 Å². The number of hydrogen-bond donors (Lipinski definition) is 3. The fraction of sp³-hybridized carbons (Fsp3) is 0.267. The average Bonchev–Trinajstić information content (AvgIpc) is 3.01. The van der Waals surface area contributed by atoms with Gasteiger partial charge in [-0.3, -0.25) is 0 Å². The zero-order valence-electron chi connectivity index (χ0n) is 12.5. The van der Waals surface area contributed by atoms with E-state index in [0.29, 0.717) is 23.9 Å². The minimum absolute atomic E-state index is 0.0916. The van der Waals surface area contributed by atoms with Gasteiger partial charge in [0.25, 0.3) is 0 Å². The van der Waals surface area contributed by atoms with Crippen LogP contribution in [0, 0.1) is 0 Å². The molecule has 2 aromatic rings. The Morgan fingerprint density at radius 3 is 2.96 bits per heavy atom. The van der Waals surface area contributed by atoms with Gasteiger partial charge in [0.05, 0.1) is 25.0 Å². The number of imidazole rings is 1. The van der Waals surface area contributed by atoms with Crippen LogP contribution in [0.4, 0.5) is 4.79 Å². The van der Waals surface area contributed by atoms with E-state index in [9.17, 15) is 9.59 Å². The molecule has 0 fully saturated rings. The zero-order valence-corrected chi connectivity index (χ0v) is 12.5. The fourth-order valence-corrected chi connectivity index (χ4v) is 1.86. The largest absolute Gasteiger partial charge is 0.482 e. The highest BCUT2D eigenvalue weighted by molar-refractivity contribution is 5.71. The smallest absolute Gasteiger partial charge is 0.405 e. The van der Waals surface area contributed by atoms with E-state index in [-0.39, 0.29) is 13.2 Å².